The molecule has 0 radical (unpaired) electrons. The first-order valence-corrected chi connectivity index (χ1v) is 6.48. The highest BCUT2D eigenvalue weighted by molar-refractivity contribution is 5.96. The number of amides is 1. The second-order valence-corrected chi connectivity index (χ2v) is 4.95. The van der Waals surface area contributed by atoms with Crippen LogP contribution in [0.4, 0.5) is 20.2 Å². The van der Waals surface area contributed by atoms with E-state index < -0.39 is 11.6 Å². The number of benzene rings is 2. The minimum atomic E-state index is -0.966. The minimum Gasteiger partial charge on any atom is -0.397 e. The largest absolute Gasteiger partial charge is 0.397 e. The zero-order valence-corrected chi connectivity index (χ0v) is 11.8. The van der Waals surface area contributed by atoms with Crippen molar-refractivity contribution in [3.63, 3.8) is 0 Å². The number of rotatable bonds is 3. The van der Waals surface area contributed by atoms with E-state index in [1.165, 1.54) is 6.07 Å². The summed E-state index contributed by atoms with van der Waals surface area (Å²) in [6.07, 6.45) is -0.0516. The zero-order chi connectivity index (χ0) is 15.6. The van der Waals surface area contributed by atoms with Gasteiger partial charge in [-0.25, -0.2) is 8.78 Å². The number of carbonyl (C=O) groups is 1. The van der Waals surface area contributed by atoms with E-state index >= 15 is 0 Å². The van der Waals surface area contributed by atoms with Crippen molar-refractivity contribution in [1.29, 1.82) is 0 Å². The van der Waals surface area contributed by atoms with Crippen LogP contribution in [-0.2, 0) is 11.2 Å². The summed E-state index contributed by atoms with van der Waals surface area (Å²) in [5.74, 6) is -2.23. The summed E-state index contributed by atoms with van der Waals surface area (Å²) in [5.41, 5.74) is 9.17. The molecule has 0 heterocycles. The first-order chi connectivity index (χ1) is 9.88. The second kappa shape index (κ2) is 5.91. The van der Waals surface area contributed by atoms with E-state index in [1.807, 2.05) is 19.9 Å². The molecule has 0 aromatic heterocycles. The SMILES string of the molecule is Cc1ccc(N)c(NC(=O)Cc2ccc(F)c(F)c2)c1C. The molecule has 0 spiro atoms. The Balaban J connectivity index is 2.15. The fraction of sp³-hybridized carbons (Fsp3) is 0.188. The second-order valence-electron chi connectivity index (χ2n) is 4.95. The molecule has 1 amide bonds. The molecule has 110 valence electrons. The quantitative estimate of drug-likeness (QED) is 0.852. The summed E-state index contributed by atoms with van der Waals surface area (Å²) < 4.78 is 26.0. The molecule has 0 saturated heterocycles. The number of halogens is 2. The number of nitrogens with one attached hydrogen (secondary N) is 1. The van der Waals surface area contributed by atoms with Crippen LogP contribution in [0.2, 0.25) is 0 Å². The number of hydrogen-bond acceptors (Lipinski definition) is 2. The molecule has 0 bridgehead atoms. The highest BCUT2D eigenvalue weighted by atomic mass is 19.2. The Bertz CT molecular complexity index is 699. The lowest BCUT2D eigenvalue weighted by molar-refractivity contribution is -0.115. The molecule has 5 heteroatoms. The summed E-state index contributed by atoms with van der Waals surface area (Å²) in [4.78, 5) is 12.0. The summed E-state index contributed by atoms with van der Waals surface area (Å²) in [5, 5.41) is 2.72. The van der Waals surface area contributed by atoms with E-state index in [9.17, 15) is 13.6 Å². The van der Waals surface area contributed by atoms with Crippen LogP contribution < -0.4 is 11.1 Å². The maximum Gasteiger partial charge on any atom is 0.228 e. The van der Waals surface area contributed by atoms with Gasteiger partial charge in [-0.2, -0.15) is 0 Å². The molecule has 0 aliphatic heterocycles. The van der Waals surface area contributed by atoms with Gasteiger partial charge in [0.2, 0.25) is 5.91 Å². The van der Waals surface area contributed by atoms with Gasteiger partial charge in [0.05, 0.1) is 17.8 Å². The highest BCUT2D eigenvalue weighted by Crippen LogP contribution is 2.26. The third-order valence-corrected chi connectivity index (χ3v) is 3.38. The molecule has 0 aliphatic rings. The van der Waals surface area contributed by atoms with Crippen molar-refractivity contribution in [2.24, 2.45) is 0 Å². The van der Waals surface area contributed by atoms with Crippen LogP contribution in [0, 0.1) is 25.5 Å². The van der Waals surface area contributed by atoms with Crippen LogP contribution in [0.25, 0.3) is 0 Å². The molecule has 3 nitrogen and oxygen atoms in total. The molecular formula is C16H16F2N2O. The molecular weight excluding hydrogens is 274 g/mol. The Morgan fingerprint density at radius 3 is 2.52 bits per heavy atom. The maximum absolute atomic E-state index is 13.1. The molecule has 2 aromatic rings. The topological polar surface area (TPSA) is 55.1 Å². The number of nitrogen functional groups attached to an aromatic ring is 1. The molecule has 2 rings (SSSR count). The molecule has 0 aliphatic carbocycles. The summed E-state index contributed by atoms with van der Waals surface area (Å²) in [6, 6.07) is 6.99. The normalized spacial score (nSPS) is 10.5. The minimum absolute atomic E-state index is 0.0516. The number of nitrogens with two attached hydrogens (primary N) is 1. The van der Waals surface area contributed by atoms with Crippen molar-refractivity contribution in [2.75, 3.05) is 11.1 Å². The number of anilines is 2. The first-order valence-electron chi connectivity index (χ1n) is 6.48. The van der Waals surface area contributed by atoms with Crippen LogP contribution in [0.15, 0.2) is 30.3 Å². The van der Waals surface area contributed by atoms with Crippen LogP contribution in [-0.4, -0.2) is 5.91 Å². The van der Waals surface area contributed by atoms with Crippen molar-refractivity contribution in [3.05, 3.63) is 58.7 Å². The smallest absolute Gasteiger partial charge is 0.228 e. The average Bonchev–Trinajstić information content (AvgIpc) is 2.43. The standard InChI is InChI=1S/C16H16F2N2O/c1-9-3-6-14(19)16(10(9)2)20-15(21)8-11-4-5-12(17)13(18)7-11/h3-7H,8,19H2,1-2H3,(H,20,21). The van der Waals surface area contributed by atoms with Gasteiger partial charge in [-0.3, -0.25) is 4.79 Å². The van der Waals surface area contributed by atoms with Crippen molar-refractivity contribution in [1.82, 2.24) is 0 Å². The maximum atomic E-state index is 13.1. The Morgan fingerprint density at radius 2 is 1.86 bits per heavy atom. The van der Waals surface area contributed by atoms with Crippen molar-refractivity contribution >= 4 is 17.3 Å². The predicted molar refractivity (Wildman–Crippen MR) is 79.0 cm³/mol. The fourth-order valence-corrected chi connectivity index (χ4v) is 2.02. The van der Waals surface area contributed by atoms with Crippen molar-refractivity contribution in [3.8, 4) is 0 Å². The van der Waals surface area contributed by atoms with Crippen LogP contribution >= 0.6 is 0 Å². The van der Waals surface area contributed by atoms with E-state index in [0.717, 1.165) is 23.3 Å². The first kappa shape index (κ1) is 15.0. The highest BCUT2D eigenvalue weighted by Gasteiger charge is 2.11. The molecule has 0 saturated carbocycles. The monoisotopic (exact) mass is 290 g/mol. The lowest BCUT2D eigenvalue weighted by Crippen LogP contribution is -2.17. The zero-order valence-electron chi connectivity index (χ0n) is 11.8. The number of aryl methyl sites for hydroxylation is 1. The van der Waals surface area contributed by atoms with Crippen LogP contribution in [0.3, 0.4) is 0 Å². The summed E-state index contributed by atoms with van der Waals surface area (Å²) in [7, 11) is 0. The Hall–Kier alpha value is -2.43. The summed E-state index contributed by atoms with van der Waals surface area (Å²) in [6.45, 7) is 3.78. The Kier molecular flexibility index (Phi) is 4.21. The van der Waals surface area contributed by atoms with Gasteiger partial charge in [-0.05, 0) is 48.7 Å². The van der Waals surface area contributed by atoms with Crippen molar-refractivity contribution < 1.29 is 13.6 Å². The van der Waals surface area contributed by atoms with E-state index in [2.05, 4.69) is 5.32 Å². The lowest BCUT2D eigenvalue weighted by atomic mass is 10.1. The van der Waals surface area contributed by atoms with Gasteiger partial charge in [0.15, 0.2) is 11.6 Å². The Labute approximate surface area is 121 Å². The summed E-state index contributed by atoms with van der Waals surface area (Å²) >= 11 is 0. The van der Waals surface area contributed by atoms with Crippen LogP contribution in [0.5, 0.6) is 0 Å². The third-order valence-electron chi connectivity index (χ3n) is 3.38. The Morgan fingerprint density at radius 1 is 1.14 bits per heavy atom. The molecule has 0 unspecified atom stereocenters. The van der Waals surface area contributed by atoms with E-state index in [0.29, 0.717) is 16.9 Å². The predicted octanol–water partition coefficient (Wildman–Crippen LogP) is 3.35. The van der Waals surface area contributed by atoms with Crippen LogP contribution in [0.1, 0.15) is 16.7 Å². The average molecular weight is 290 g/mol. The molecule has 3 N–H and O–H groups in total. The number of hydrogen-bond donors (Lipinski definition) is 2. The molecule has 0 fully saturated rings. The van der Waals surface area contributed by atoms with Gasteiger partial charge < -0.3 is 11.1 Å². The molecule has 0 atom stereocenters. The van der Waals surface area contributed by atoms with Gasteiger partial charge in [0, 0.05) is 0 Å². The van der Waals surface area contributed by atoms with Gasteiger partial charge in [0.25, 0.3) is 0 Å². The molecule has 21 heavy (non-hydrogen) atoms. The molecule has 2 aromatic carbocycles. The van der Waals surface area contributed by atoms with E-state index in [-0.39, 0.29) is 12.3 Å². The van der Waals surface area contributed by atoms with Gasteiger partial charge >= 0.3 is 0 Å². The van der Waals surface area contributed by atoms with E-state index in [1.54, 1.807) is 6.07 Å². The fourth-order valence-electron chi connectivity index (χ4n) is 2.02. The van der Waals surface area contributed by atoms with Crippen molar-refractivity contribution in [2.45, 2.75) is 20.3 Å². The number of carbonyl (C=O) groups excluding carboxylic acids is 1. The van der Waals surface area contributed by atoms with Gasteiger partial charge in [-0.1, -0.05) is 12.1 Å². The van der Waals surface area contributed by atoms with Gasteiger partial charge in [0.1, 0.15) is 0 Å². The third kappa shape index (κ3) is 3.37. The van der Waals surface area contributed by atoms with Gasteiger partial charge in [-0.15, -0.1) is 0 Å². The van der Waals surface area contributed by atoms with E-state index in [4.69, 9.17) is 5.73 Å². The lowest BCUT2D eigenvalue weighted by Gasteiger charge is -2.13.